The van der Waals surface area contributed by atoms with Crippen LogP contribution in [-0.4, -0.2) is 68.3 Å². The van der Waals surface area contributed by atoms with Gasteiger partial charge in [-0.2, -0.15) is 0 Å². The van der Waals surface area contributed by atoms with Crippen LogP contribution in [0.25, 0.3) is 0 Å². The summed E-state index contributed by atoms with van der Waals surface area (Å²) < 4.78 is 1.71. The molecule has 4 rings (SSSR count). The van der Waals surface area contributed by atoms with Crippen LogP contribution in [0.5, 0.6) is 0 Å². The number of amides is 4. The minimum Gasteiger partial charge on any atom is -0.342 e. The van der Waals surface area contributed by atoms with Crippen molar-refractivity contribution in [2.75, 3.05) is 18.4 Å². The molecule has 0 bridgehead atoms. The largest absolute Gasteiger partial charge is 0.342 e. The molecule has 2 aromatic carbocycles. The third kappa shape index (κ3) is 8.78. The summed E-state index contributed by atoms with van der Waals surface area (Å²) in [5, 5.41) is 8.28. The molecule has 1 aromatic heterocycles. The predicted octanol–water partition coefficient (Wildman–Crippen LogP) is 3.03. The highest BCUT2D eigenvalue weighted by atomic mass is 16.2. The van der Waals surface area contributed by atoms with Gasteiger partial charge in [0.25, 0.3) is 0 Å². The number of piperidine rings is 1. The summed E-state index contributed by atoms with van der Waals surface area (Å²) >= 11 is 0. The maximum Gasteiger partial charge on any atom is 0.250 e. The number of carbonyl (C=O) groups is 4. The Morgan fingerprint density at radius 1 is 0.933 bits per heavy atom. The van der Waals surface area contributed by atoms with Gasteiger partial charge in [-0.1, -0.05) is 67.6 Å². The molecule has 11 heteroatoms. The molecule has 11 nitrogen and oxygen atoms in total. The predicted molar refractivity (Wildman–Crippen MR) is 173 cm³/mol. The van der Waals surface area contributed by atoms with E-state index in [9.17, 15) is 19.2 Å². The lowest BCUT2D eigenvalue weighted by molar-refractivity contribution is -0.135. The van der Waals surface area contributed by atoms with Crippen LogP contribution in [0.15, 0.2) is 73.2 Å². The van der Waals surface area contributed by atoms with Crippen molar-refractivity contribution in [3.8, 4) is 0 Å². The van der Waals surface area contributed by atoms with E-state index in [2.05, 4.69) is 27.9 Å². The van der Waals surface area contributed by atoms with Gasteiger partial charge in [0.15, 0.2) is 5.82 Å². The number of rotatable bonds is 11. The fraction of sp³-hybridized carbons (Fsp3) is 0.441. The summed E-state index contributed by atoms with van der Waals surface area (Å²) in [4.78, 5) is 59.7. The van der Waals surface area contributed by atoms with E-state index in [0.717, 1.165) is 24.0 Å². The molecule has 1 saturated heterocycles. The number of aromatic nitrogens is 2. The number of likely N-dealkylation sites (tertiary alicyclic amines) is 1. The lowest BCUT2D eigenvalue weighted by atomic mass is 9.97. The number of imidazole rings is 1. The maximum atomic E-state index is 13.8. The van der Waals surface area contributed by atoms with E-state index in [1.54, 1.807) is 38.5 Å². The topological polar surface area (TPSA) is 151 Å². The van der Waals surface area contributed by atoms with Crippen molar-refractivity contribution in [2.24, 2.45) is 11.7 Å². The van der Waals surface area contributed by atoms with Crippen LogP contribution in [-0.2, 0) is 25.6 Å². The van der Waals surface area contributed by atoms with E-state index >= 15 is 0 Å². The molecule has 2 atom stereocenters. The first-order valence-corrected chi connectivity index (χ1v) is 15.4. The molecule has 1 aliphatic rings. The van der Waals surface area contributed by atoms with E-state index in [1.807, 2.05) is 65.6 Å². The number of hydrogen-bond donors (Lipinski definition) is 4. The highest BCUT2D eigenvalue weighted by Gasteiger charge is 2.36. The van der Waals surface area contributed by atoms with Crippen molar-refractivity contribution in [3.63, 3.8) is 0 Å². The molecule has 240 valence electrons. The van der Waals surface area contributed by atoms with Gasteiger partial charge in [-0.3, -0.25) is 19.2 Å². The Labute approximate surface area is 265 Å². The fourth-order valence-electron chi connectivity index (χ4n) is 5.13. The summed E-state index contributed by atoms with van der Waals surface area (Å²) in [6.45, 7) is 9.79. The molecule has 0 saturated carbocycles. The number of anilines is 1. The quantitative estimate of drug-likeness (QED) is 0.260. The summed E-state index contributed by atoms with van der Waals surface area (Å²) in [6, 6.07) is 17.2. The van der Waals surface area contributed by atoms with Gasteiger partial charge in [-0.15, -0.1) is 0 Å². The second kappa shape index (κ2) is 14.1. The van der Waals surface area contributed by atoms with Crippen molar-refractivity contribution in [1.29, 1.82) is 0 Å². The van der Waals surface area contributed by atoms with E-state index in [4.69, 9.17) is 5.73 Å². The number of nitrogens with one attached hydrogen (secondary N) is 3. The fourth-order valence-corrected chi connectivity index (χ4v) is 5.13. The van der Waals surface area contributed by atoms with E-state index in [0.29, 0.717) is 19.0 Å². The molecule has 2 heterocycles. The molecule has 4 amide bonds. The van der Waals surface area contributed by atoms with E-state index in [-0.39, 0.29) is 18.1 Å². The van der Waals surface area contributed by atoms with Gasteiger partial charge in [0.1, 0.15) is 17.6 Å². The molecule has 1 unspecified atom stereocenters. The van der Waals surface area contributed by atoms with E-state index < -0.39 is 40.9 Å². The van der Waals surface area contributed by atoms with Crippen LogP contribution < -0.4 is 21.7 Å². The Balaban J connectivity index is 1.54. The molecule has 1 fully saturated rings. The molecule has 45 heavy (non-hydrogen) atoms. The summed E-state index contributed by atoms with van der Waals surface area (Å²) in [7, 11) is 0. The van der Waals surface area contributed by atoms with Gasteiger partial charge in [-0.25, -0.2) is 4.98 Å². The van der Waals surface area contributed by atoms with Crippen LogP contribution in [0.1, 0.15) is 64.6 Å². The van der Waals surface area contributed by atoms with Crippen LogP contribution >= 0.6 is 0 Å². The maximum absolute atomic E-state index is 13.8. The zero-order valence-electron chi connectivity index (χ0n) is 26.7. The normalized spacial score (nSPS) is 15.6. The number of benzene rings is 2. The Bertz CT molecular complexity index is 1470. The molecule has 0 spiro atoms. The Kier molecular flexibility index (Phi) is 10.4. The summed E-state index contributed by atoms with van der Waals surface area (Å²) in [5.74, 6) is -0.747. The van der Waals surface area contributed by atoms with Crippen LogP contribution in [0.3, 0.4) is 0 Å². The number of nitrogens with zero attached hydrogens (tertiary/aromatic N) is 3. The van der Waals surface area contributed by atoms with Crippen LogP contribution in [0.2, 0.25) is 0 Å². The second-order valence-corrected chi connectivity index (χ2v) is 13.0. The number of nitrogens with two attached hydrogens (primary N) is 1. The third-order valence-electron chi connectivity index (χ3n) is 8.08. The SMILES string of the molecule is CC1CCN(C(=O)C(c2ccccc2)n2cnc(NC(=O)[C@@H](Cc3ccccc3)NC(=O)C(C)(C)NC(=O)C(C)(C)N)c2)CC1. The average molecular weight is 616 g/mol. The first-order chi connectivity index (χ1) is 21.2. The van der Waals surface area contributed by atoms with Crippen molar-refractivity contribution in [3.05, 3.63) is 84.3 Å². The van der Waals surface area contributed by atoms with Gasteiger partial charge in [0.2, 0.25) is 23.6 Å². The van der Waals surface area contributed by atoms with Crippen molar-refractivity contribution in [1.82, 2.24) is 25.1 Å². The highest BCUT2D eigenvalue weighted by Crippen LogP contribution is 2.26. The third-order valence-corrected chi connectivity index (χ3v) is 8.08. The van der Waals surface area contributed by atoms with Gasteiger partial charge in [0.05, 0.1) is 11.9 Å². The Morgan fingerprint density at radius 2 is 1.53 bits per heavy atom. The molecule has 0 radical (unpaired) electrons. The van der Waals surface area contributed by atoms with Crippen molar-refractivity contribution in [2.45, 2.75) is 77.0 Å². The first kappa shape index (κ1) is 33.4. The van der Waals surface area contributed by atoms with Gasteiger partial charge >= 0.3 is 0 Å². The number of hydrogen-bond acceptors (Lipinski definition) is 6. The Morgan fingerprint density at radius 3 is 2.13 bits per heavy atom. The average Bonchev–Trinajstić information content (AvgIpc) is 3.45. The summed E-state index contributed by atoms with van der Waals surface area (Å²) in [6.07, 6.45) is 5.28. The molecule has 0 aliphatic carbocycles. The van der Waals surface area contributed by atoms with Crippen LogP contribution in [0.4, 0.5) is 5.82 Å². The minimum absolute atomic E-state index is 0.0254. The van der Waals surface area contributed by atoms with Crippen LogP contribution in [0, 0.1) is 5.92 Å². The smallest absolute Gasteiger partial charge is 0.250 e. The zero-order valence-corrected chi connectivity index (χ0v) is 26.7. The first-order valence-electron chi connectivity index (χ1n) is 15.4. The van der Waals surface area contributed by atoms with Crippen molar-refractivity contribution < 1.29 is 19.2 Å². The highest BCUT2D eigenvalue weighted by molar-refractivity contribution is 5.99. The Hall–Kier alpha value is -4.51. The molecule has 3 aromatic rings. The number of carbonyl (C=O) groups excluding carboxylic acids is 4. The molecular weight excluding hydrogens is 570 g/mol. The van der Waals surface area contributed by atoms with Gasteiger partial charge < -0.3 is 31.2 Å². The molecule has 5 N–H and O–H groups in total. The molecule has 1 aliphatic heterocycles. The summed E-state index contributed by atoms with van der Waals surface area (Å²) in [5.41, 5.74) is 5.02. The lowest BCUT2D eigenvalue weighted by Crippen LogP contribution is -2.62. The lowest BCUT2D eigenvalue weighted by Gasteiger charge is -2.33. The van der Waals surface area contributed by atoms with Crippen molar-refractivity contribution >= 4 is 29.4 Å². The van der Waals surface area contributed by atoms with E-state index in [1.165, 1.54) is 6.33 Å². The standard InChI is InChI=1S/C34H45N7O4/c1-23-16-18-40(19-17-23)30(43)28(25-14-10-7-11-15-25)41-21-27(36-22-41)38-29(42)26(20-24-12-8-6-9-13-24)37-32(45)34(4,5)39-31(44)33(2,3)35/h6-15,21-23,26,28H,16-20,35H2,1-5H3,(H,37,45)(H,38,42)(H,39,44)/t26-,28?/m1/s1. The second-order valence-electron chi connectivity index (χ2n) is 13.0. The molecular formula is C34H45N7O4. The monoisotopic (exact) mass is 615 g/mol. The zero-order chi connectivity index (χ0) is 32.8. The van der Waals surface area contributed by atoms with Gasteiger partial charge in [0, 0.05) is 25.7 Å². The van der Waals surface area contributed by atoms with Gasteiger partial charge in [-0.05, 0) is 57.6 Å². The minimum atomic E-state index is -1.35.